The van der Waals surface area contributed by atoms with E-state index >= 15 is 0 Å². The molecule has 0 N–H and O–H groups in total. The standard InChI is InChI=1S/C16H11FN6O/c1-10-14(19-22-23(10)11-5-4-8-18-9-11)16-21-20-15(24-16)12-6-2-3-7-13(12)17/h2-9H,1H3. The molecule has 118 valence electrons. The van der Waals surface area contributed by atoms with Crippen LogP contribution in [-0.2, 0) is 0 Å². The van der Waals surface area contributed by atoms with Crippen LogP contribution < -0.4 is 0 Å². The van der Waals surface area contributed by atoms with Gasteiger partial charge in [0.25, 0.3) is 11.8 Å². The quantitative estimate of drug-likeness (QED) is 0.577. The van der Waals surface area contributed by atoms with Crippen LogP contribution in [0.3, 0.4) is 0 Å². The maximum atomic E-state index is 13.8. The summed E-state index contributed by atoms with van der Waals surface area (Å²) in [5, 5.41) is 16.0. The molecule has 7 nitrogen and oxygen atoms in total. The molecule has 0 radical (unpaired) electrons. The van der Waals surface area contributed by atoms with E-state index in [0.717, 1.165) is 5.69 Å². The van der Waals surface area contributed by atoms with Gasteiger partial charge >= 0.3 is 0 Å². The molecule has 0 aliphatic rings. The van der Waals surface area contributed by atoms with Gasteiger partial charge in [0.2, 0.25) is 0 Å². The Morgan fingerprint density at radius 1 is 1.00 bits per heavy atom. The monoisotopic (exact) mass is 322 g/mol. The molecule has 0 amide bonds. The van der Waals surface area contributed by atoms with Gasteiger partial charge in [0, 0.05) is 6.20 Å². The zero-order valence-corrected chi connectivity index (χ0v) is 12.6. The van der Waals surface area contributed by atoms with E-state index in [4.69, 9.17) is 4.42 Å². The Bertz CT molecular complexity index is 995. The van der Waals surface area contributed by atoms with Gasteiger partial charge < -0.3 is 4.42 Å². The van der Waals surface area contributed by atoms with Gasteiger partial charge in [0.1, 0.15) is 5.82 Å². The van der Waals surface area contributed by atoms with Gasteiger partial charge in [-0.15, -0.1) is 15.3 Å². The van der Waals surface area contributed by atoms with E-state index in [0.29, 0.717) is 11.4 Å². The van der Waals surface area contributed by atoms with E-state index in [-0.39, 0.29) is 17.3 Å². The maximum absolute atomic E-state index is 13.8. The van der Waals surface area contributed by atoms with Crippen LogP contribution in [0.5, 0.6) is 0 Å². The minimum Gasteiger partial charge on any atom is -0.414 e. The summed E-state index contributed by atoms with van der Waals surface area (Å²) in [5.41, 5.74) is 2.16. The third kappa shape index (κ3) is 2.34. The number of benzene rings is 1. The lowest BCUT2D eigenvalue weighted by molar-refractivity contribution is 0.568. The fourth-order valence-corrected chi connectivity index (χ4v) is 2.31. The highest BCUT2D eigenvalue weighted by Crippen LogP contribution is 2.26. The lowest BCUT2D eigenvalue weighted by atomic mass is 10.2. The Hall–Kier alpha value is -3.42. The SMILES string of the molecule is Cc1c(-c2nnc(-c3ccccc3F)o2)nnn1-c1cccnc1. The predicted octanol–water partition coefficient (Wildman–Crippen LogP) is 2.83. The lowest BCUT2D eigenvalue weighted by Gasteiger charge is -2.01. The molecule has 0 spiro atoms. The van der Waals surface area contributed by atoms with Gasteiger partial charge in [0.05, 0.1) is 23.1 Å². The first kappa shape index (κ1) is 14.2. The molecular weight excluding hydrogens is 311 g/mol. The van der Waals surface area contributed by atoms with Crippen LogP contribution in [0.1, 0.15) is 5.69 Å². The molecule has 0 saturated heterocycles. The average Bonchev–Trinajstić information content (AvgIpc) is 3.23. The average molecular weight is 322 g/mol. The normalized spacial score (nSPS) is 10.9. The van der Waals surface area contributed by atoms with Crippen molar-refractivity contribution in [2.75, 3.05) is 0 Å². The Labute approximate surface area is 135 Å². The molecule has 3 aromatic heterocycles. The molecule has 8 heteroatoms. The second-order valence-electron chi connectivity index (χ2n) is 5.04. The molecule has 4 rings (SSSR count). The van der Waals surface area contributed by atoms with Crippen LogP contribution in [0.25, 0.3) is 28.7 Å². The number of rotatable bonds is 3. The topological polar surface area (TPSA) is 82.5 Å². The highest BCUT2D eigenvalue weighted by Gasteiger charge is 2.19. The zero-order chi connectivity index (χ0) is 16.5. The first-order valence-corrected chi connectivity index (χ1v) is 7.15. The fourth-order valence-electron chi connectivity index (χ4n) is 2.31. The summed E-state index contributed by atoms with van der Waals surface area (Å²) in [4.78, 5) is 4.06. The van der Waals surface area contributed by atoms with Gasteiger partial charge in [-0.1, -0.05) is 17.3 Å². The molecule has 1 aromatic carbocycles. The summed E-state index contributed by atoms with van der Waals surface area (Å²) >= 11 is 0. The van der Waals surface area contributed by atoms with E-state index in [2.05, 4.69) is 25.5 Å². The molecular formula is C16H11FN6O. The van der Waals surface area contributed by atoms with E-state index in [1.54, 1.807) is 41.3 Å². The van der Waals surface area contributed by atoms with Crippen molar-refractivity contribution in [3.63, 3.8) is 0 Å². The smallest absolute Gasteiger partial charge is 0.270 e. The molecule has 0 fully saturated rings. The minimum absolute atomic E-state index is 0.0958. The second-order valence-corrected chi connectivity index (χ2v) is 5.04. The molecule has 24 heavy (non-hydrogen) atoms. The molecule has 0 aliphatic carbocycles. The number of pyridine rings is 1. The van der Waals surface area contributed by atoms with Crippen molar-refractivity contribution >= 4 is 0 Å². The number of aromatic nitrogens is 6. The van der Waals surface area contributed by atoms with E-state index in [9.17, 15) is 4.39 Å². The van der Waals surface area contributed by atoms with Gasteiger partial charge in [-0.05, 0) is 31.2 Å². The zero-order valence-electron chi connectivity index (χ0n) is 12.6. The Balaban J connectivity index is 1.74. The lowest BCUT2D eigenvalue weighted by Crippen LogP contribution is -1.99. The largest absolute Gasteiger partial charge is 0.414 e. The Morgan fingerprint density at radius 3 is 2.62 bits per heavy atom. The van der Waals surface area contributed by atoms with Crippen LogP contribution in [0.2, 0.25) is 0 Å². The Morgan fingerprint density at radius 2 is 1.83 bits per heavy atom. The number of hydrogen-bond acceptors (Lipinski definition) is 6. The molecule has 0 aliphatic heterocycles. The van der Waals surface area contributed by atoms with E-state index in [1.165, 1.54) is 6.07 Å². The van der Waals surface area contributed by atoms with Gasteiger partial charge in [-0.3, -0.25) is 4.98 Å². The fraction of sp³-hybridized carbons (Fsp3) is 0.0625. The van der Waals surface area contributed by atoms with Crippen LogP contribution in [0.15, 0.2) is 53.2 Å². The van der Waals surface area contributed by atoms with Crippen LogP contribution in [0.4, 0.5) is 4.39 Å². The number of nitrogens with zero attached hydrogens (tertiary/aromatic N) is 6. The molecule has 0 atom stereocenters. The molecule has 4 aromatic rings. The van der Waals surface area contributed by atoms with E-state index < -0.39 is 5.82 Å². The van der Waals surface area contributed by atoms with Crippen molar-refractivity contribution in [3.8, 4) is 28.7 Å². The number of halogens is 1. The van der Waals surface area contributed by atoms with Gasteiger partial charge in [-0.2, -0.15) is 0 Å². The summed E-state index contributed by atoms with van der Waals surface area (Å²) in [6.45, 7) is 1.83. The van der Waals surface area contributed by atoms with Gasteiger partial charge in [-0.25, -0.2) is 9.07 Å². The molecule has 0 saturated carbocycles. The molecule has 0 unspecified atom stereocenters. The van der Waals surface area contributed by atoms with Crippen LogP contribution >= 0.6 is 0 Å². The maximum Gasteiger partial charge on any atom is 0.270 e. The molecule has 3 heterocycles. The van der Waals surface area contributed by atoms with Crippen LogP contribution in [0, 0.1) is 12.7 Å². The number of hydrogen-bond donors (Lipinski definition) is 0. The van der Waals surface area contributed by atoms with Crippen molar-refractivity contribution in [3.05, 3.63) is 60.3 Å². The van der Waals surface area contributed by atoms with Crippen molar-refractivity contribution in [2.45, 2.75) is 6.92 Å². The summed E-state index contributed by atoms with van der Waals surface area (Å²) in [5.74, 6) is -0.150. The summed E-state index contributed by atoms with van der Waals surface area (Å²) in [6, 6.07) is 9.87. The predicted molar refractivity (Wildman–Crippen MR) is 82.6 cm³/mol. The minimum atomic E-state index is -0.427. The molecule has 0 bridgehead atoms. The summed E-state index contributed by atoms with van der Waals surface area (Å²) < 4.78 is 21.0. The van der Waals surface area contributed by atoms with Gasteiger partial charge in [0.15, 0.2) is 5.69 Å². The van der Waals surface area contributed by atoms with Crippen molar-refractivity contribution in [2.24, 2.45) is 0 Å². The Kier molecular flexibility index (Phi) is 3.34. The second kappa shape index (κ2) is 5.65. The summed E-state index contributed by atoms with van der Waals surface area (Å²) in [7, 11) is 0. The van der Waals surface area contributed by atoms with E-state index in [1.807, 2.05) is 13.0 Å². The van der Waals surface area contributed by atoms with Crippen LogP contribution in [-0.4, -0.2) is 30.2 Å². The third-order valence-electron chi connectivity index (χ3n) is 3.52. The van der Waals surface area contributed by atoms with Crippen molar-refractivity contribution in [1.82, 2.24) is 30.2 Å². The first-order chi connectivity index (χ1) is 11.7. The highest BCUT2D eigenvalue weighted by atomic mass is 19.1. The highest BCUT2D eigenvalue weighted by molar-refractivity contribution is 5.57. The van der Waals surface area contributed by atoms with Crippen molar-refractivity contribution in [1.29, 1.82) is 0 Å². The summed E-state index contributed by atoms with van der Waals surface area (Å²) in [6.07, 6.45) is 3.35. The first-order valence-electron chi connectivity index (χ1n) is 7.15. The third-order valence-corrected chi connectivity index (χ3v) is 3.52. The van der Waals surface area contributed by atoms with Crippen molar-refractivity contribution < 1.29 is 8.81 Å².